The van der Waals surface area contributed by atoms with E-state index in [1.807, 2.05) is 27.7 Å². The average Bonchev–Trinajstić information content (AvgIpc) is 2.06. The van der Waals surface area contributed by atoms with Crippen LogP contribution in [-0.4, -0.2) is 48.8 Å². The van der Waals surface area contributed by atoms with Crippen molar-refractivity contribution in [2.45, 2.75) is 27.7 Å². The van der Waals surface area contributed by atoms with Crippen molar-refractivity contribution in [1.29, 1.82) is 0 Å². The van der Waals surface area contributed by atoms with Gasteiger partial charge in [0.15, 0.2) is 0 Å². The van der Waals surface area contributed by atoms with E-state index < -0.39 is 22.3 Å². The molecular weight excluding hydrogens is 369 g/mol. The number of rotatable bonds is 8. The fourth-order valence-corrected chi connectivity index (χ4v) is 6.86. The molecule has 5 heteroatoms. The molecule has 0 saturated heterocycles. The molecule has 0 heterocycles. The first-order valence-electron chi connectivity index (χ1n) is 4.65. The van der Waals surface area contributed by atoms with Crippen molar-refractivity contribution in [2.75, 3.05) is 26.4 Å². The zero-order chi connectivity index (χ0) is 10.2. The van der Waals surface area contributed by atoms with Crippen LogP contribution in [0.1, 0.15) is 27.7 Å². The molecule has 0 aliphatic rings. The quantitative estimate of drug-likeness (QED) is 0.632. The van der Waals surface area contributed by atoms with Crippen LogP contribution in [0.25, 0.3) is 0 Å². The molecule has 0 fully saturated rings. The van der Waals surface area contributed by atoms with E-state index in [-0.39, 0.29) is 0 Å². The fourth-order valence-electron chi connectivity index (χ4n) is 0.781. The summed E-state index contributed by atoms with van der Waals surface area (Å²) in [4.78, 5) is 0. The van der Waals surface area contributed by atoms with Crippen molar-refractivity contribution in [3.63, 3.8) is 0 Å². The molecule has 0 saturated carbocycles. The molecule has 0 unspecified atom stereocenters. The van der Waals surface area contributed by atoms with Gasteiger partial charge >= 0.3 is 87.6 Å². The van der Waals surface area contributed by atoms with Crippen molar-refractivity contribution in [1.82, 2.24) is 0 Å². The SMILES string of the molecule is CC[O][Po]([O]CC)([O]CC)[O]CC. The van der Waals surface area contributed by atoms with Gasteiger partial charge in [0.2, 0.25) is 0 Å². The molecule has 0 amide bonds. The molecular formula is C8H20O4Po. The van der Waals surface area contributed by atoms with Gasteiger partial charge in [-0.3, -0.25) is 0 Å². The van der Waals surface area contributed by atoms with Gasteiger partial charge < -0.3 is 0 Å². The van der Waals surface area contributed by atoms with E-state index in [1.54, 1.807) is 0 Å². The molecule has 0 spiro atoms. The molecule has 0 atom stereocenters. The molecule has 0 bridgehead atoms. The van der Waals surface area contributed by atoms with Crippen LogP contribution < -0.4 is 0 Å². The Kier molecular flexibility index (Phi) is 8.54. The van der Waals surface area contributed by atoms with Crippen LogP contribution in [-0.2, 0) is 11.1 Å². The third-order valence-corrected chi connectivity index (χ3v) is 9.20. The molecule has 0 N–H and O–H groups in total. The van der Waals surface area contributed by atoms with Crippen LogP contribution in [0.3, 0.4) is 0 Å². The molecule has 0 radical (unpaired) electrons. The summed E-state index contributed by atoms with van der Waals surface area (Å²) in [5, 5.41) is 0. The Hall–Kier alpha value is 0.736. The topological polar surface area (TPSA) is 36.9 Å². The maximum atomic E-state index is 5.49. The summed E-state index contributed by atoms with van der Waals surface area (Å²) in [5.74, 6) is 0. The molecule has 0 aliphatic heterocycles. The monoisotopic (exact) mass is 389 g/mol. The minimum atomic E-state index is -3.54. The Morgan fingerprint density at radius 1 is 0.615 bits per heavy atom. The van der Waals surface area contributed by atoms with Crippen LogP contribution in [0.4, 0.5) is 0 Å². The zero-order valence-corrected chi connectivity index (χ0v) is 12.0. The fraction of sp³-hybridized carbons (Fsp3) is 1.00. The van der Waals surface area contributed by atoms with Gasteiger partial charge in [-0.1, -0.05) is 0 Å². The van der Waals surface area contributed by atoms with E-state index in [4.69, 9.17) is 11.1 Å². The van der Waals surface area contributed by atoms with Gasteiger partial charge in [0, 0.05) is 0 Å². The summed E-state index contributed by atoms with van der Waals surface area (Å²) in [6, 6.07) is 0. The van der Waals surface area contributed by atoms with Crippen molar-refractivity contribution < 1.29 is 11.1 Å². The zero-order valence-electron chi connectivity index (χ0n) is 8.87. The van der Waals surface area contributed by atoms with Crippen molar-refractivity contribution in [3.05, 3.63) is 0 Å². The molecule has 0 aromatic carbocycles. The van der Waals surface area contributed by atoms with Gasteiger partial charge in [-0.25, -0.2) is 0 Å². The Labute approximate surface area is 87.5 Å². The number of hydrogen-bond donors (Lipinski definition) is 0. The molecule has 82 valence electrons. The van der Waals surface area contributed by atoms with E-state index in [9.17, 15) is 0 Å². The molecule has 0 aromatic rings. The summed E-state index contributed by atoms with van der Waals surface area (Å²) in [5.41, 5.74) is 0. The normalized spacial score (nSPS) is 13.2. The van der Waals surface area contributed by atoms with Crippen molar-refractivity contribution in [3.8, 4) is 0 Å². The number of hydrogen-bond acceptors (Lipinski definition) is 4. The Balaban J connectivity index is 4.19. The second kappa shape index (κ2) is 8.08. The maximum absolute atomic E-state index is 5.49. The van der Waals surface area contributed by atoms with Crippen molar-refractivity contribution in [2.24, 2.45) is 0 Å². The molecule has 0 rings (SSSR count). The van der Waals surface area contributed by atoms with Crippen LogP contribution in [0.15, 0.2) is 0 Å². The molecule has 4 nitrogen and oxygen atoms in total. The third-order valence-electron chi connectivity index (χ3n) is 1.05. The molecule has 13 heavy (non-hydrogen) atoms. The van der Waals surface area contributed by atoms with Crippen LogP contribution >= 0.6 is 0 Å². The standard InChI is InChI=1S/4C2H5O.Po/c4*1-2-3;/h4*2H2,1H3;/q4*-1;+4. The summed E-state index contributed by atoms with van der Waals surface area (Å²) >= 11 is -3.54. The minimum absolute atomic E-state index is 0.579. The Morgan fingerprint density at radius 3 is 1.00 bits per heavy atom. The Bertz CT molecular complexity index is 91.2. The Morgan fingerprint density at radius 2 is 0.846 bits per heavy atom. The summed E-state index contributed by atoms with van der Waals surface area (Å²) in [7, 11) is 0. The third kappa shape index (κ3) is 5.24. The van der Waals surface area contributed by atoms with Crippen LogP contribution in [0.5, 0.6) is 0 Å². The van der Waals surface area contributed by atoms with E-state index >= 15 is 0 Å². The molecule has 0 aliphatic carbocycles. The van der Waals surface area contributed by atoms with Crippen LogP contribution in [0.2, 0.25) is 0 Å². The van der Waals surface area contributed by atoms with Gasteiger partial charge in [-0.15, -0.1) is 0 Å². The van der Waals surface area contributed by atoms with Gasteiger partial charge in [0.05, 0.1) is 0 Å². The second-order valence-corrected chi connectivity index (χ2v) is 8.87. The van der Waals surface area contributed by atoms with Gasteiger partial charge in [0.1, 0.15) is 0 Å². The van der Waals surface area contributed by atoms with E-state index in [1.165, 1.54) is 0 Å². The average molecular weight is 389 g/mol. The predicted octanol–water partition coefficient (Wildman–Crippen LogP) is 1.57. The first kappa shape index (κ1) is 13.7. The summed E-state index contributed by atoms with van der Waals surface area (Å²) < 4.78 is 22.0. The molecule has 0 aromatic heterocycles. The van der Waals surface area contributed by atoms with E-state index in [2.05, 4.69) is 0 Å². The first-order valence-corrected chi connectivity index (χ1v) is 9.83. The van der Waals surface area contributed by atoms with Gasteiger partial charge in [0.25, 0.3) is 0 Å². The van der Waals surface area contributed by atoms with E-state index in [0.717, 1.165) is 0 Å². The second-order valence-electron chi connectivity index (χ2n) is 2.03. The summed E-state index contributed by atoms with van der Waals surface area (Å²) in [6.07, 6.45) is 0. The summed E-state index contributed by atoms with van der Waals surface area (Å²) in [6.45, 7) is 9.99. The van der Waals surface area contributed by atoms with Gasteiger partial charge in [-0.05, 0) is 0 Å². The van der Waals surface area contributed by atoms with E-state index in [0.29, 0.717) is 26.4 Å². The first-order chi connectivity index (χ1) is 6.24. The van der Waals surface area contributed by atoms with Gasteiger partial charge in [-0.2, -0.15) is 0 Å². The van der Waals surface area contributed by atoms with Crippen LogP contribution in [0, 0.1) is 0 Å². The predicted molar refractivity (Wildman–Crippen MR) is 52.3 cm³/mol. The van der Waals surface area contributed by atoms with Crippen molar-refractivity contribution >= 4 is 22.3 Å².